The predicted molar refractivity (Wildman–Crippen MR) is 95.2 cm³/mol. The van der Waals surface area contributed by atoms with Gasteiger partial charge in [-0.15, -0.1) is 0 Å². The number of para-hydroxylation sites is 1. The lowest BCUT2D eigenvalue weighted by atomic mass is 9.85. The van der Waals surface area contributed by atoms with Crippen molar-refractivity contribution in [2.75, 3.05) is 13.1 Å². The smallest absolute Gasteiger partial charge is 0.0692 e. The summed E-state index contributed by atoms with van der Waals surface area (Å²) in [6, 6.07) is 9.91. The van der Waals surface area contributed by atoms with Crippen LogP contribution >= 0.6 is 0 Å². The van der Waals surface area contributed by atoms with Gasteiger partial charge in [-0.2, -0.15) is 0 Å². The lowest BCUT2D eigenvalue weighted by Crippen LogP contribution is -2.39. The van der Waals surface area contributed by atoms with E-state index in [0.29, 0.717) is 12.1 Å². The average Bonchev–Trinajstić information content (AvgIpc) is 3.02. The van der Waals surface area contributed by atoms with Gasteiger partial charge in [0, 0.05) is 40.9 Å². The number of H-pyrrole nitrogens is 1. The Morgan fingerprint density at radius 3 is 2.83 bits per heavy atom. The third kappa shape index (κ3) is 2.13. The van der Waals surface area contributed by atoms with Gasteiger partial charge in [0.15, 0.2) is 0 Å². The predicted octanol–water partition coefficient (Wildman–Crippen LogP) is 4.19. The summed E-state index contributed by atoms with van der Waals surface area (Å²) in [7, 11) is 0. The maximum Gasteiger partial charge on any atom is 0.0692 e. The fourth-order valence-corrected chi connectivity index (χ4v) is 4.77. The van der Waals surface area contributed by atoms with Gasteiger partial charge < -0.3 is 15.2 Å². The molecule has 23 heavy (non-hydrogen) atoms. The number of hydrogen-bond donors (Lipinski definition) is 2. The summed E-state index contributed by atoms with van der Waals surface area (Å²) in [5, 5.41) is 5.18. The Morgan fingerprint density at radius 2 is 1.91 bits per heavy atom. The van der Waals surface area contributed by atoms with Crippen LogP contribution in [0, 0.1) is 0 Å². The van der Waals surface area contributed by atoms with Gasteiger partial charge in [-0.3, -0.25) is 0 Å². The number of piperidine rings is 2. The molecule has 3 nitrogen and oxygen atoms in total. The molecule has 0 spiro atoms. The molecular formula is C20H25N3. The van der Waals surface area contributed by atoms with Gasteiger partial charge in [0.05, 0.1) is 6.04 Å². The molecule has 1 aromatic carbocycles. The summed E-state index contributed by atoms with van der Waals surface area (Å²) in [6.45, 7) is 2.36. The molecule has 5 rings (SSSR count). The zero-order valence-corrected chi connectivity index (χ0v) is 13.6. The second-order valence-corrected chi connectivity index (χ2v) is 7.30. The van der Waals surface area contributed by atoms with Crippen LogP contribution in [0.4, 0.5) is 0 Å². The standard InChI is InChI=1S/C20H25N3/c1-2-9-17-14(7-1)19-15(16-8-3-5-11-21-16)13-23-12-6-4-10-18(23)20(19)22-17/h1-2,7,9,13,16,18,21-22H,3-6,8,10-12H2. The molecule has 120 valence electrons. The second-order valence-electron chi connectivity index (χ2n) is 7.30. The van der Waals surface area contributed by atoms with Crippen molar-refractivity contribution >= 4 is 16.5 Å². The highest BCUT2D eigenvalue weighted by Gasteiger charge is 2.34. The SMILES string of the molecule is C1=C(C2CCCCN2)c2c([nH]c3ccccc23)C2CCCCN12. The Bertz CT molecular complexity index is 751. The van der Waals surface area contributed by atoms with E-state index < -0.39 is 0 Å². The van der Waals surface area contributed by atoms with Gasteiger partial charge in [-0.1, -0.05) is 24.6 Å². The van der Waals surface area contributed by atoms with Crippen LogP contribution in [0.15, 0.2) is 30.5 Å². The Labute approximate surface area is 137 Å². The summed E-state index contributed by atoms with van der Waals surface area (Å²) in [5.41, 5.74) is 5.79. The van der Waals surface area contributed by atoms with Crippen molar-refractivity contribution in [2.45, 2.75) is 50.6 Å². The number of fused-ring (bicyclic) bond motifs is 5. The maximum absolute atomic E-state index is 3.77. The monoisotopic (exact) mass is 307 g/mol. The Morgan fingerprint density at radius 1 is 1.00 bits per heavy atom. The number of rotatable bonds is 1. The molecule has 2 fully saturated rings. The summed E-state index contributed by atoms with van der Waals surface area (Å²) in [5.74, 6) is 0. The maximum atomic E-state index is 3.77. The van der Waals surface area contributed by atoms with Crippen molar-refractivity contribution in [1.82, 2.24) is 15.2 Å². The molecule has 2 atom stereocenters. The molecule has 3 heteroatoms. The Kier molecular flexibility index (Phi) is 3.22. The van der Waals surface area contributed by atoms with Crippen molar-refractivity contribution in [3.8, 4) is 0 Å². The van der Waals surface area contributed by atoms with E-state index in [1.54, 1.807) is 0 Å². The number of aromatic nitrogens is 1. The fourth-order valence-electron chi connectivity index (χ4n) is 4.77. The minimum Gasteiger partial charge on any atom is -0.369 e. The lowest BCUT2D eigenvalue weighted by molar-refractivity contribution is 0.208. The third-order valence-corrected chi connectivity index (χ3v) is 5.89. The van der Waals surface area contributed by atoms with E-state index in [-0.39, 0.29) is 0 Å². The highest BCUT2D eigenvalue weighted by Crippen LogP contribution is 2.44. The molecule has 3 aliphatic heterocycles. The average molecular weight is 307 g/mol. The van der Waals surface area contributed by atoms with Crippen molar-refractivity contribution in [3.05, 3.63) is 41.7 Å². The zero-order chi connectivity index (χ0) is 15.2. The van der Waals surface area contributed by atoms with Gasteiger partial charge >= 0.3 is 0 Å². The number of nitrogens with one attached hydrogen (secondary N) is 2. The first-order valence-corrected chi connectivity index (χ1v) is 9.23. The zero-order valence-electron chi connectivity index (χ0n) is 13.6. The van der Waals surface area contributed by atoms with Gasteiger partial charge in [0.1, 0.15) is 0 Å². The molecular weight excluding hydrogens is 282 g/mol. The molecule has 3 aliphatic rings. The molecule has 0 radical (unpaired) electrons. The minimum atomic E-state index is 0.518. The highest BCUT2D eigenvalue weighted by atomic mass is 15.2. The quantitative estimate of drug-likeness (QED) is 0.827. The third-order valence-electron chi connectivity index (χ3n) is 5.89. The van der Waals surface area contributed by atoms with E-state index in [1.165, 1.54) is 72.8 Å². The first kappa shape index (κ1) is 13.7. The Hall–Kier alpha value is -1.74. The molecule has 2 saturated heterocycles. The summed E-state index contributed by atoms with van der Waals surface area (Å²) >= 11 is 0. The van der Waals surface area contributed by atoms with Crippen molar-refractivity contribution in [3.63, 3.8) is 0 Å². The number of aromatic amines is 1. The summed E-state index contributed by atoms with van der Waals surface area (Å²) < 4.78 is 0. The highest BCUT2D eigenvalue weighted by molar-refractivity contribution is 5.96. The van der Waals surface area contributed by atoms with Crippen LogP contribution in [-0.4, -0.2) is 29.0 Å². The van der Waals surface area contributed by atoms with Gasteiger partial charge in [-0.25, -0.2) is 0 Å². The van der Waals surface area contributed by atoms with Crippen molar-refractivity contribution < 1.29 is 0 Å². The summed E-state index contributed by atoms with van der Waals surface area (Å²) in [6.07, 6.45) is 10.4. The van der Waals surface area contributed by atoms with E-state index in [4.69, 9.17) is 0 Å². The van der Waals surface area contributed by atoms with Crippen LogP contribution in [0.3, 0.4) is 0 Å². The molecule has 4 heterocycles. The Balaban J connectivity index is 1.69. The molecule has 2 aromatic rings. The van der Waals surface area contributed by atoms with Crippen LogP contribution in [0.1, 0.15) is 55.8 Å². The van der Waals surface area contributed by atoms with Crippen LogP contribution in [-0.2, 0) is 0 Å². The second kappa shape index (κ2) is 5.41. The van der Waals surface area contributed by atoms with E-state index in [9.17, 15) is 0 Å². The topological polar surface area (TPSA) is 31.1 Å². The van der Waals surface area contributed by atoms with Gasteiger partial charge in [0.2, 0.25) is 0 Å². The first-order chi connectivity index (χ1) is 11.4. The molecule has 0 saturated carbocycles. The normalized spacial score (nSPS) is 27.5. The number of hydrogen-bond acceptors (Lipinski definition) is 2. The molecule has 0 bridgehead atoms. The number of benzene rings is 1. The van der Waals surface area contributed by atoms with Crippen LogP contribution < -0.4 is 5.32 Å². The van der Waals surface area contributed by atoms with Gasteiger partial charge in [-0.05, 0) is 50.3 Å². The van der Waals surface area contributed by atoms with E-state index >= 15 is 0 Å². The largest absolute Gasteiger partial charge is 0.369 e. The van der Waals surface area contributed by atoms with Crippen LogP contribution in [0.25, 0.3) is 16.5 Å². The minimum absolute atomic E-state index is 0.518. The molecule has 2 N–H and O–H groups in total. The fraction of sp³-hybridized carbons (Fsp3) is 0.500. The van der Waals surface area contributed by atoms with Gasteiger partial charge in [0.25, 0.3) is 0 Å². The van der Waals surface area contributed by atoms with Crippen LogP contribution in [0.2, 0.25) is 0 Å². The lowest BCUT2D eigenvalue weighted by Gasteiger charge is -2.41. The molecule has 0 aliphatic carbocycles. The van der Waals surface area contributed by atoms with E-state index in [0.717, 1.165) is 6.54 Å². The van der Waals surface area contributed by atoms with Crippen molar-refractivity contribution in [1.29, 1.82) is 0 Å². The summed E-state index contributed by atoms with van der Waals surface area (Å²) in [4.78, 5) is 6.38. The van der Waals surface area contributed by atoms with Crippen LogP contribution in [0.5, 0.6) is 0 Å². The molecule has 0 amide bonds. The van der Waals surface area contributed by atoms with Crippen molar-refractivity contribution in [2.24, 2.45) is 0 Å². The van der Waals surface area contributed by atoms with E-state index in [2.05, 4.69) is 45.7 Å². The molecule has 1 aromatic heterocycles. The number of nitrogens with zero attached hydrogens (tertiary/aromatic N) is 1. The molecule has 2 unspecified atom stereocenters. The van der Waals surface area contributed by atoms with E-state index in [1.807, 2.05) is 0 Å². The first-order valence-electron chi connectivity index (χ1n) is 9.23.